The Bertz CT molecular complexity index is 1310. The number of carbonyl (C=O) groups is 3. The van der Waals surface area contributed by atoms with Gasteiger partial charge in [0.25, 0.3) is 5.91 Å². The SMILES string of the molecule is O=C(NCCCn1ccnc1)C1=NOC2(CCCN(c3cc(C(F)(F)F)ncn3)C2)C1.O=C(O)C(F)(F)F.O=C(O)C(F)(F)F. The van der Waals surface area contributed by atoms with E-state index in [4.69, 9.17) is 24.6 Å². The van der Waals surface area contributed by atoms with Crippen molar-refractivity contribution in [2.75, 3.05) is 24.5 Å². The van der Waals surface area contributed by atoms with Crippen LogP contribution in [0.1, 0.15) is 31.4 Å². The molecule has 2 aliphatic rings. The zero-order chi connectivity index (χ0) is 34.1. The molecule has 22 heteroatoms. The number of nitrogens with one attached hydrogen (secondary N) is 1. The minimum absolute atomic E-state index is 0.183. The number of carbonyl (C=O) groups excluding carboxylic acids is 1. The number of carboxylic acid groups (broad SMARTS) is 2. The average molecular weight is 665 g/mol. The van der Waals surface area contributed by atoms with Crippen molar-refractivity contribution in [1.29, 1.82) is 0 Å². The topological polar surface area (TPSA) is 172 Å². The summed E-state index contributed by atoms with van der Waals surface area (Å²) in [4.78, 5) is 48.9. The van der Waals surface area contributed by atoms with Crippen LogP contribution in [0.5, 0.6) is 0 Å². The normalized spacial score (nSPS) is 18.1. The molecule has 2 aromatic rings. The molecule has 13 nitrogen and oxygen atoms in total. The Morgan fingerprint density at radius 3 is 2.16 bits per heavy atom. The van der Waals surface area contributed by atoms with Crippen LogP contribution in [0.4, 0.5) is 45.3 Å². The standard InChI is InChI=1S/C19H22F3N7O2.2C2HF3O2/c20-19(21,22)15-9-16(26-12-25-15)29-7-1-3-18(11-29)10-14(27-31-18)17(30)24-4-2-6-28-8-5-23-13-28;2*3-2(4,5)1(6)7/h5,8-9,12-13H,1-4,6-7,10-11H2,(H,24,30);2*(H,6,7). The molecule has 1 saturated heterocycles. The first-order valence-corrected chi connectivity index (χ1v) is 12.5. The van der Waals surface area contributed by atoms with E-state index < -0.39 is 41.8 Å². The van der Waals surface area contributed by atoms with Crippen molar-refractivity contribution in [3.05, 3.63) is 36.8 Å². The van der Waals surface area contributed by atoms with Crippen molar-refractivity contribution in [2.45, 2.75) is 56.4 Å². The number of carboxylic acids is 2. The fourth-order valence-electron chi connectivity index (χ4n) is 3.82. The van der Waals surface area contributed by atoms with Crippen LogP contribution in [0, 0.1) is 0 Å². The zero-order valence-electron chi connectivity index (χ0n) is 22.7. The predicted octanol–water partition coefficient (Wildman–Crippen LogP) is 3.28. The quantitative estimate of drug-likeness (QED) is 0.307. The summed E-state index contributed by atoms with van der Waals surface area (Å²) in [5, 5.41) is 21.1. The molecule has 1 amide bonds. The molecule has 4 heterocycles. The molecule has 45 heavy (non-hydrogen) atoms. The number of halogens is 9. The van der Waals surface area contributed by atoms with Gasteiger partial charge in [0.1, 0.15) is 23.6 Å². The van der Waals surface area contributed by atoms with E-state index in [0.717, 1.165) is 25.4 Å². The van der Waals surface area contributed by atoms with Crippen molar-refractivity contribution in [3.63, 3.8) is 0 Å². The van der Waals surface area contributed by atoms with Gasteiger partial charge in [-0.05, 0) is 19.3 Å². The number of aliphatic carboxylic acids is 2. The number of alkyl halides is 9. The number of piperidine rings is 1. The van der Waals surface area contributed by atoms with Crippen molar-refractivity contribution in [1.82, 2.24) is 24.8 Å². The van der Waals surface area contributed by atoms with Crippen molar-refractivity contribution in [3.8, 4) is 0 Å². The third-order valence-corrected chi connectivity index (χ3v) is 5.83. The molecule has 0 radical (unpaired) electrons. The minimum Gasteiger partial charge on any atom is -0.475 e. The van der Waals surface area contributed by atoms with Gasteiger partial charge >= 0.3 is 30.5 Å². The van der Waals surface area contributed by atoms with Crippen LogP contribution in [-0.2, 0) is 31.9 Å². The van der Waals surface area contributed by atoms with E-state index in [9.17, 15) is 44.3 Å². The molecule has 4 rings (SSSR count). The molecular formula is C23H24F9N7O6. The van der Waals surface area contributed by atoms with Crippen molar-refractivity contribution >= 4 is 29.4 Å². The second-order valence-electron chi connectivity index (χ2n) is 9.29. The summed E-state index contributed by atoms with van der Waals surface area (Å²) >= 11 is 0. The lowest BCUT2D eigenvalue weighted by Crippen LogP contribution is -2.49. The van der Waals surface area contributed by atoms with Crippen LogP contribution in [0.3, 0.4) is 0 Å². The number of nitrogens with zero attached hydrogens (tertiary/aromatic N) is 6. The van der Waals surface area contributed by atoms with Gasteiger partial charge in [0.05, 0.1) is 12.9 Å². The minimum atomic E-state index is -5.08. The Kier molecular flexibility index (Phi) is 12.1. The lowest BCUT2D eigenvalue weighted by molar-refractivity contribution is -0.193. The molecular weight excluding hydrogens is 641 g/mol. The second kappa shape index (κ2) is 14.9. The van der Waals surface area contributed by atoms with Crippen LogP contribution >= 0.6 is 0 Å². The molecule has 2 aliphatic heterocycles. The van der Waals surface area contributed by atoms with E-state index in [1.807, 2.05) is 10.8 Å². The average Bonchev–Trinajstić information content (AvgIpc) is 3.61. The lowest BCUT2D eigenvalue weighted by atomic mass is 9.88. The Morgan fingerprint density at radius 2 is 1.62 bits per heavy atom. The highest BCUT2D eigenvalue weighted by Gasteiger charge is 2.45. The van der Waals surface area contributed by atoms with Gasteiger partial charge in [0.15, 0.2) is 5.60 Å². The zero-order valence-corrected chi connectivity index (χ0v) is 22.7. The Hall–Kier alpha value is -4.66. The van der Waals surface area contributed by atoms with Crippen molar-refractivity contribution in [2.24, 2.45) is 5.16 Å². The first-order valence-electron chi connectivity index (χ1n) is 12.5. The second-order valence-corrected chi connectivity index (χ2v) is 9.29. The molecule has 1 atom stereocenters. The van der Waals surface area contributed by atoms with Crippen LogP contribution in [0.15, 0.2) is 36.3 Å². The van der Waals surface area contributed by atoms with Gasteiger partial charge in [-0.25, -0.2) is 24.5 Å². The van der Waals surface area contributed by atoms with Crippen molar-refractivity contribution < 1.29 is 68.9 Å². The number of hydrogen-bond donors (Lipinski definition) is 3. The number of imidazole rings is 1. The smallest absolute Gasteiger partial charge is 0.475 e. The predicted molar refractivity (Wildman–Crippen MR) is 132 cm³/mol. The summed E-state index contributed by atoms with van der Waals surface area (Å²) in [7, 11) is 0. The van der Waals surface area contributed by atoms with Crippen LogP contribution in [0.25, 0.3) is 0 Å². The fourth-order valence-corrected chi connectivity index (χ4v) is 3.82. The maximum atomic E-state index is 13.0. The number of aromatic nitrogens is 4. The van der Waals surface area contributed by atoms with Gasteiger partial charge in [0.2, 0.25) is 0 Å². The van der Waals surface area contributed by atoms with Gasteiger partial charge in [-0.3, -0.25) is 4.79 Å². The summed E-state index contributed by atoms with van der Waals surface area (Å²) in [5.74, 6) is -5.62. The third kappa shape index (κ3) is 11.7. The molecule has 3 N–H and O–H groups in total. The van der Waals surface area contributed by atoms with Gasteiger partial charge in [-0.15, -0.1) is 0 Å². The lowest BCUT2D eigenvalue weighted by Gasteiger charge is -2.38. The van der Waals surface area contributed by atoms with E-state index in [2.05, 4.69) is 25.4 Å². The summed E-state index contributed by atoms with van der Waals surface area (Å²) in [6.07, 6.45) is -6.16. The highest BCUT2D eigenvalue weighted by molar-refractivity contribution is 6.39. The first kappa shape index (κ1) is 36.5. The molecule has 1 spiro atoms. The summed E-state index contributed by atoms with van der Waals surface area (Å²) in [5.41, 5.74) is -1.44. The number of rotatable bonds is 6. The Morgan fingerprint density at radius 1 is 1.00 bits per heavy atom. The summed E-state index contributed by atoms with van der Waals surface area (Å²) < 4.78 is 104. The van der Waals surface area contributed by atoms with Gasteiger partial charge in [0, 0.05) is 44.5 Å². The van der Waals surface area contributed by atoms with Crippen LogP contribution in [-0.4, -0.2) is 90.9 Å². The molecule has 0 saturated carbocycles. The highest BCUT2D eigenvalue weighted by Crippen LogP contribution is 2.36. The molecule has 250 valence electrons. The molecule has 0 aromatic carbocycles. The van der Waals surface area contributed by atoms with Crippen LogP contribution < -0.4 is 10.2 Å². The van der Waals surface area contributed by atoms with E-state index in [0.29, 0.717) is 44.6 Å². The summed E-state index contributed by atoms with van der Waals surface area (Å²) in [6.45, 7) is 2.05. The van der Waals surface area contributed by atoms with E-state index in [-0.39, 0.29) is 11.7 Å². The Labute approximate surface area is 246 Å². The molecule has 2 aromatic heterocycles. The summed E-state index contributed by atoms with van der Waals surface area (Å²) in [6, 6.07) is 0.933. The fraction of sp³-hybridized carbons (Fsp3) is 0.522. The number of aryl methyl sites for hydroxylation is 1. The Balaban J connectivity index is 0.000000421. The monoisotopic (exact) mass is 665 g/mol. The molecule has 1 fully saturated rings. The highest BCUT2D eigenvalue weighted by atomic mass is 19.4. The number of anilines is 1. The van der Waals surface area contributed by atoms with E-state index in [1.165, 1.54) is 0 Å². The third-order valence-electron chi connectivity index (χ3n) is 5.83. The number of amides is 1. The molecule has 1 unspecified atom stereocenters. The maximum absolute atomic E-state index is 13.0. The molecule has 0 bridgehead atoms. The van der Waals surface area contributed by atoms with Gasteiger partial charge in [-0.2, -0.15) is 39.5 Å². The largest absolute Gasteiger partial charge is 0.490 e. The van der Waals surface area contributed by atoms with Crippen LogP contribution in [0.2, 0.25) is 0 Å². The molecule has 0 aliphatic carbocycles. The number of oxime groups is 1. The van der Waals surface area contributed by atoms with E-state index in [1.54, 1.807) is 17.4 Å². The van der Waals surface area contributed by atoms with Gasteiger partial charge in [-0.1, -0.05) is 5.16 Å². The number of hydrogen-bond acceptors (Lipinski definition) is 9. The van der Waals surface area contributed by atoms with Gasteiger partial charge < -0.3 is 29.8 Å². The first-order chi connectivity index (χ1) is 20.7. The maximum Gasteiger partial charge on any atom is 0.490 e. The van der Waals surface area contributed by atoms with E-state index >= 15 is 0 Å².